The number of nitrogens with zero attached hydrogens (tertiary/aromatic N) is 1. The number of halogens is 1. The maximum absolute atomic E-state index is 12.6. The summed E-state index contributed by atoms with van der Waals surface area (Å²) in [4.78, 5) is 24.9. The van der Waals surface area contributed by atoms with E-state index in [1.54, 1.807) is 36.4 Å². The van der Waals surface area contributed by atoms with Gasteiger partial charge in [0.1, 0.15) is 5.57 Å². The molecule has 1 N–H and O–H groups in total. The molecule has 4 rings (SSSR count). The Balaban J connectivity index is 1.66. The summed E-state index contributed by atoms with van der Waals surface area (Å²) < 4.78 is 10.6. The third kappa shape index (κ3) is 2.70. The van der Waals surface area contributed by atoms with Crippen LogP contribution in [-0.4, -0.2) is 18.6 Å². The van der Waals surface area contributed by atoms with Gasteiger partial charge in [0.2, 0.25) is 6.79 Å². The van der Waals surface area contributed by atoms with Gasteiger partial charge in [-0.25, -0.2) is 5.01 Å². The van der Waals surface area contributed by atoms with E-state index in [4.69, 9.17) is 21.1 Å². The SMILES string of the molecule is Cc1ccc(N2NC(=O)C(=Cc3ccc4c(c3)OCO4)C2=O)cc1Cl. The molecule has 1 fully saturated rings. The van der Waals surface area contributed by atoms with Crippen molar-refractivity contribution in [3.63, 3.8) is 0 Å². The molecule has 2 aromatic carbocycles. The van der Waals surface area contributed by atoms with Gasteiger partial charge in [0.25, 0.3) is 11.8 Å². The molecule has 2 aliphatic rings. The minimum atomic E-state index is -0.473. The third-order valence-corrected chi connectivity index (χ3v) is 4.42. The Morgan fingerprint density at radius 1 is 1.12 bits per heavy atom. The zero-order chi connectivity index (χ0) is 17.6. The highest BCUT2D eigenvalue weighted by Crippen LogP contribution is 2.33. The van der Waals surface area contributed by atoms with Gasteiger partial charge < -0.3 is 9.47 Å². The van der Waals surface area contributed by atoms with Crippen LogP contribution in [0.1, 0.15) is 11.1 Å². The van der Waals surface area contributed by atoms with E-state index in [1.807, 2.05) is 6.92 Å². The van der Waals surface area contributed by atoms with Crippen molar-refractivity contribution in [2.75, 3.05) is 11.8 Å². The quantitative estimate of drug-likeness (QED) is 0.663. The van der Waals surface area contributed by atoms with E-state index in [0.29, 0.717) is 27.8 Å². The predicted octanol–water partition coefficient (Wildman–Crippen LogP) is 2.84. The first-order chi connectivity index (χ1) is 12.0. The number of amides is 2. The Morgan fingerprint density at radius 2 is 1.92 bits per heavy atom. The van der Waals surface area contributed by atoms with Gasteiger partial charge in [0, 0.05) is 5.02 Å². The van der Waals surface area contributed by atoms with E-state index in [9.17, 15) is 9.59 Å². The Morgan fingerprint density at radius 3 is 2.72 bits per heavy atom. The standard InChI is InChI=1S/C18H13ClN2O4/c1-10-2-4-12(8-14(10)19)21-18(23)13(17(22)20-21)6-11-3-5-15-16(7-11)25-9-24-15/h2-8H,9H2,1H3,(H,20,22). The van der Waals surface area contributed by atoms with Crippen LogP contribution in [0.25, 0.3) is 6.08 Å². The number of hydrazine groups is 1. The van der Waals surface area contributed by atoms with Crippen LogP contribution in [0.3, 0.4) is 0 Å². The normalized spacial score (nSPS) is 17.4. The number of benzene rings is 2. The monoisotopic (exact) mass is 356 g/mol. The average molecular weight is 357 g/mol. The van der Waals surface area contributed by atoms with Crippen LogP contribution < -0.4 is 19.9 Å². The topological polar surface area (TPSA) is 67.9 Å². The Bertz CT molecular complexity index is 939. The number of fused-ring (bicyclic) bond motifs is 1. The van der Waals surface area contributed by atoms with E-state index >= 15 is 0 Å². The molecule has 1 saturated heterocycles. The van der Waals surface area contributed by atoms with Crippen LogP contribution in [0, 0.1) is 6.92 Å². The molecule has 2 aromatic rings. The van der Waals surface area contributed by atoms with Gasteiger partial charge >= 0.3 is 0 Å². The fraction of sp³-hybridized carbons (Fsp3) is 0.111. The number of hydrogen-bond donors (Lipinski definition) is 1. The fourth-order valence-corrected chi connectivity index (χ4v) is 2.80. The molecular formula is C18H13ClN2O4. The van der Waals surface area contributed by atoms with E-state index in [2.05, 4.69) is 5.43 Å². The largest absolute Gasteiger partial charge is 0.454 e. The number of carbonyl (C=O) groups excluding carboxylic acids is 2. The van der Waals surface area contributed by atoms with Crippen LogP contribution in [0.2, 0.25) is 5.02 Å². The maximum Gasteiger partial charge on any atom is 0.282 e. The summed E-state index contributed by atoms with van der Waals surface area (Å²) in [6.45, 7) is 2.03. The maximum atomic E-state index is 12.6. The molecule has 0 aromatic heterocycles. The van der Waals surface area contributed by atoms with Gasteiger partial charge in [-0.15, -0.1) is 0 Å². The van der Waals surface area contributed by atoms with Crippen molar-refractivity contribution < 1.29 is 19.1 Å². The number of hydrogen-bond acceptors (Lipinski definition) is 4. The second kappa shape index (κ2) is 5.82. The van der Waals surface area contributed by atoms with Crippen LogP contribution in [-0.2, 0) is 9.59 Å². The zero-order valence-corrected chi connectivity index (χ0v) is 14.0. The zero-order valence-electron chi connectivity index (χ0n) is 13.2. The number of aryl methyl sites for hydroxylation is 1. The molecular weight excluding hydrogens is 344 g/mol. The highest BCUT2D eigenvalue weighted by atomic mass is 35.5. The first-order valence-corrected chi connectivity index (χ1v) is 7.94. The summed E-state index contributed by atoms with van der Waals surface area (Å²) in [5.41, 5.74) is 4.65. The molecule has 25 heavy (non-hydrogen) atoms. The van der Waals surface area contributed by atoms with Crippen molar-refractivity contribution in [2.24, 2.45) is 0 Å². The molecule has 2 amide bonds. The summed E-state index contributed by atoms with van der Waals surface area (Å²) >= 11 is 6.11. The number of nitrogens with one attached hydrogen (secondary N) is 1. The molecule has 0 aliphatic carbocycles. The fourth-order valence-electron chi connectivity index (χ4n) is 2.63. The minimum Gasteiger partial charge on any atom is -0.454 e. The number of anilines is 1. The van der Waals surface area contributed by atoms with Gasteiger partial charge in [-0.3, -0.25) is 15.0 Å². The number of ether oxygens (including phenoxy) is 2. The molecule has 0 unspecified atom stereocenters. The molecule has 6 nitrogen and oxygen atoms in total. The van der Waals surface area contributed by atoms with E-state index in [0.717, 1.165) is 5.56 Å². The number of rotatable bonds is 2. The summed E-state index contributed by atoms with van der Waals surface area (Å²) in [6, 6.07) is 10.4. The average Bonchev–Trinajstić information content (AvgIpc) is 3.16. The van der Waals surface area contributed by atoms with Crippen LogP contribution in [0.4, 0.5) is 5.69 Å². The lowest BCUT2D eigenvalue weighted by atomic mass is 10.1. The first-order valence-electron chi connectivity index (χ1n) is 7.56. The lowest BCUT2D eigenvalue weighted by Crippen LogP contribution is -2.35. The van der Waals surface area contributed by atoms with Crippen molar-refractivity contribution in [1.29, 1.82) is 0 Å². The van der Waals surface area contributed by atoms with Crippen molar-refractivity contribution in [3.8, 4) is 11.5 Å². The minimum absolute atomic E-state index is 0.0376. The van der Waals surface area contributed by atoms with Crippen molar-refractivity contribution >= 4 is 35.2 Å². The molecule has 126 valence electrons. The molecule has 0 spiro atoms. The smallest absolute Gasteiger partial charge is 0.282 e. The van der Waals surface area contributed by atoms with Crippen LogP contribution in [0.15, 0.2) is 42.0 Å². The van der Waals surface area contributed by atoms with E-state index < -0.39 is 11.8 Å². The highest BCUT2D eigenvalue weighted by Gasteiger charge is 2.34. The summed E-state index contributed by atoms with van der Waals surface area (Å²) in [5, 5.41) is 1.71. The van der Waals surface area contributed by atoms with Gasteiger partial charge in [-0.2, -0.15) is 0 Å². The summed E-state index contributed by atoms with van der Waals surface area (Å²) in [6.07, 6.45) is 1.52. The third-order valence-electron chi connectivity index (χ3n) is 4.01. The Hall–Kier alpha value is -2.99. The second-order valence-electron chi connectivity index (χ2n) is 5.69. The van der Waals surface area contributed by atoms with Crippen molar-refractivity contribution in [2.45, 2.75) is 6.92 Å². The highest BCUT2D eigenvalue weighted by molar-refractivity contribution is 6.33. The summed E-state index contributed by atoms with van der Waals surface area (Å²) in [5.74, 6) is 0.310. The molecule has 2 aliphatic heterocycles. The predicted molar refractivity (Wildman–Crippen MR) is 92.4 cm³/mol. The Labute approximate surface area is 148 Å². The molecule has 7 heteroatoms. The lowest BCUT2D eigenvalue weighted by Gasteiger charge is -2.15. The molecule has 2 heterocycles. The van der Waals surface area contributed by atoms with E-state index in [1.165, 1.54) is 11.1 Å². The van der Waals surface area contributed by atoms with Gasteiger partial charge in [0.15, 0.2) is 11.5 Å². The van der Waals surface area contributed by atoms with Crippen molar-refractivity contribution in [3.05, 3.63) is 58.1 Å². The van der Waals surface area contributed by atoms with Gasteiger partial charge in [-0.1, -0.05) is 23.7 Å². The lowest BCUT2D eigenvalue weighted by molar-refractivity contribution is -0.117. The van der Waals surface area contributed by atoms with Gasteiger partial charge in [0.05, 0.1) is 5.69 Å². The first kappa shape index (κ1) is 15.5. The van der Waals surface area contributed by atoms with Crippen molar-refractivity contribution in [1.82, 2.24) is 5.43 Å². The molecule has 0 atom stereocenters. The molecule has 0 saturated carbocycles. The second-order valence-corrected chi connectivity index (χ2v) is 6.09. The van der Waals surface area contributed by atoms with Crippen LogP contribution in [0.5, 0.6) is 11.5 Å². The molecule has 0 radical (unpaired) electrons. The number of carbonyl (C=O) groups is 2. The van der Waals surface area contributed by atoms with Gasteiger partial charge in [-0.05, 0) is 48.4 Å². The summed E-state index contributed by atoms with van der Waals surface area (Å²) in [7, 11) is 0. The Kier molecular flexibility index (Phi) is 3.62. The van der Waals surface area contributed by atoms with Crippen LogP contribution >= 0.6 is 11.6 Å². The molecule has 0 bridgehead atoms. The van der Waals surface area contributed by atoms with E-state index in [-0.39, 0.29) is 12.4 Å².